The Morgan fingerprint density at radius 2 is 1.88 bits per heavy atom. The molecule has 1 aliphatic rings. The predicted octanol–water partition coefficient (Wildman–Crippen LogP) is 3.69. The Morgan fingerprint density at radius 3 is 2.56 bits per heavy atom. The third-order valence-corrected chi connectivity index (χ3v) is 3.01. The summed E-state index contributed by atoms with van der Waals surface area (Å²) in [5, 5.41) is 3.32. The molecule has 0 unspecified atom stereocenters. The van der Waals surface area contributed by atoms with Crippen molar-refractivity contribution in [1.29, 1.82) is 0 Å². The minimum Gasteiger partial charge on any atom is -0.372 e. The summed E-state index contributed by atoms with van der Waals surface area (Å²) in [7, 11) is 0. The van der Waals surface area contributed by atoms with Crippen LogP contribution in [0.3, 0.4) is 0 Å². The smallest absolute Gasteiger partial charge is 0.0964 e. The van der Waals surface area contributed by atoms with Gasteiger partial charge in [-0.15, -0.1) is 0 Å². The van der Waals surface area contributed by atoms with Gasteiger partial charge in [-0.1, -0.05) is 37.8 Å². The minimum absolute atomic E-state index is 0.986. The molecule has 0 radical (unpaired) electrons. The van der Waals surface area contributed by atoms with Gasteiger partial charge in [0.05, 0.1) is 12.4 Å². The molecular weight excluding hydrogens is 196 g/mol. The van der Waals surface area contributed by atoms with E-state index in [0.29, 0.717) is 0 Å². The molecule has 0 fully saturated rings. The maximum absolute atomic E-state index is 4.40. The Labute approximate surface area is 100 Å². The van der Waals surface area contributed by atoms with E-state index in [9.17, 15) is 0 Å². The van der Waals surface area contributed by atoms with E-state index in [1.807, 2.05) is 0 Å². The molecule has 1 N–H and O–H groups in total. The average molecular weight is 222 g/mol. The highest BCUT2D eigenvalue weighted by atomic mass is 15.1. The van der Waals surface area contributed by atoms with Crippen molar-refractivity contribution >= 4 is 5.84 Å². The predicted molar refractivity (Wildman–Crippen MR) is 72.1 cm³/mol. The molecular formula is C14H26N2. The van der Waals surface area contributed by atoms with Crippen LogP contribution in [0.2, 0.25) is 0 Å². The van der Waals surface area contributed by atoms with Crippen molar-refractivity contribution in [1.82, 2.24) is 5.32 Å². The van der Waals surface area contributed by atoms with Crippen LogP contribution >= 0.6 is 0 Å². The number of hydrogen-bond acceptors (Lipinski definition) is 2. The fraction of sp³-hybridized carbons (Fsp3) is 0.786. The van der Waals surface area contributed by atoms with E-state index in [1.165, 1.54) is 57.2 Å². The molecule has 0 saturated heterocycles. The van der Waals surface area contributed by atoms with Crippen LogP contribution in [0.5, 0.6) is 0 Å². The molecule has 0 bridgehead atoms. The third kappa shape index (κ3) is 6.65. The summed E-state index contributed by atoms with van der Waals surface area (Å²) >= 11 is 0. The van der Waals surface area contributed by atoms with Gasteiger partial charge in [0.2, 0.25) is 0 Å². The molecule has 0 aromatic rings. The van der Waals surface area contributed by atoms with Crippen molar-refractivity contribution in [2.45, 2.75) is 58.3 Å². The first-order valence-corrected chi connectivity index (χ1v) is 6.82. The van der Waals surface area contributed by atoms with Gasteiger partial charge >= 0.3 is 0 Å². The zero-order valence-corrected chi connectivity index (χ0v) is 10.7. The molecule has 0 aromatic carbocycles. The summed E-state index contributed by atoms with van der Waals surface area (Å²) in [6, 6.07) is 0. The second-order valence-electron chi connectivity index (χ2n) is 4.48. The first-order chi connectivity index (χ1) is 7.93. The van der Waals surface area contributed by atoms with Crippen LogP contribution in [-0.4, -0.2) is 18.9 Å². The van der Waals surface area contributed by atoms with Gasteiger partial charge in [0.1, 0.15) is 0 Å². The van der Waals surface area contributed by atoms with Gasteiger partial charge in [-0.25, -0.2) is 0 Å². The van der Waals surface area contributed by atoms with Gasteiger partial charge in [0.15, 0.2) is 0 Å². The molecule has 0 atom stereocenters. The van der Waals surface area contributed by atoms with E-state index in [-0.39, 0.29) is 0 Å². The zero-order valence-electron chi connectivity index (χ0n) is 10.7. The lowest BCUT2D eigenvalue weighted by Gasteiger charge is -2.02. The summed E-state index contributed by atoms with van der Waals surface area (Å²) in [6.45, 7) is 4.14. The van der Waals surface area contributed by atoms with Crippen molar-refractivity contribution in [3.63, 3.8) is 0 Å². The normalized spacial score (nSPS) is 15.4. The molecule has 0 aliphatic carbocycles. The van der Waals surface area contributed by atoms with Gasteiger partial charge in [0, 0.05) is 13.0 Å². The van der Waals surface area contributed by atoms with Crippen LogP contribution in [0.25, 0.3) is 0 Å². The number of rotatable bonds is 9. The van der Waals surface area contributed by atoms with Gasteiger partial charge in [-0.05, 0) is 26.2 Å². The van der Waals surface area contributed by atoms with Crippen LogP contribution in [0.15, 0.2) is 17.1 Å². The molecule has 1 rings (SSSR count). The Bertz CT molecular complexity index is 219. The highest BCUT2D eigenvalue weighted by Gasteiger charge is 2.03. The van der Waals surface area contributed by atoms with Crippen LogP contribution in [0, 0.1) is 0 Å². The van der Waals surface area contributed by atoms with Crippen molar-refractivity contribution in [3.8, 4) is 0 Å². The average Bonchev–Trinajstić information content (AvgIpc) is 2.80. The van der Waals surface area contributed by atoms with E-state index >= 15 is 0 Å². The molecule has 2 heteroatoms. The fourth-order valence-electron chi connectivity index (χ4n) is 2.04. The van der Waals surface area contributed by atoms with Crippen molar-refractivity contribution < 1.29 is 0 Å². The highest BCUT2D eigenvalue weighted by molar-refractivity contribution is 5.83. The van der Waals surface area contributed by atoms with Gasteiger partial charge < -0.3 is 5.32 Å². The lowest BCUT2D eigenvalue weighted by Crippen LogP contribution is -2.17. The monoisotopic (exact) mass is 222 g/mol. The Hall–Kier alpha value is -0.790. The van der Waals surface area contributed by atoms with E-state index in [1.54, 1.807) is 0 Å². The third-order valence-electron chi connectivity index (χ3n) is 3.01. The van der Waals surface area contributed by atoms with E-state index in [0.717, 1.165) is 13.1 Å². The maximum Gasteiger partial charge on any atom is 0.0964 e. The zero-order chi connectivity index (χ0) is 11.5. The largest absolute Gasteiger partial charge is 0.372 e. The SMILES string of the molecule is C/C=C/CCCCCCCCC1=NCCN1. The van der Waals surface area contributed by atoms with Crippen molar-refractivity contribution in [2.24, 2.45) is 4.99 Å². The molecule has 1 aliphatic heterocycles. The number of nitrogens with one attached hydrogen (secondary N) is 1. The molecule has 92 valence electrons. The number of nitrogens with zero attached hydrogens (tertiary/aromatic N) is 1. The van der Waals surface area contributed by atoms with Gasteiger partial charge in [-0.3, -0.25) is 4.99 Å². The van der Waals surface area contributed by atoms with Crippen LogP contribution in [-0.2, 0) is 0 Å². The molecule has 16 heavy (non-hydrogen) atoms. The topological polar surface area (TPSA) is 24.4 Å². The molecule has 0 amide bonds. The van der Waals surface area contributed by atoms with Crippen LogP contribution in [0.4, 0.5) is 0 Å². The second kappa shape index (κ2) is 9.44. The number of allylic oxidation sites excluding steroid dienone is 2. The lowest BCUT2D eigenvalue weighted by molar-refractivity contribution is 0.602. The first-order valence-electron chi connectivity index (χ1n) is 6.82. The van der Waals surface area contributed by atoms with Crippen LogP contribution < -0.4 is 5.32 Å². The summed E-state index contributed by atoms with van der Waals surface area (Å²) in [4.78, 5) is 4.40. The maximum atomic E-state index is 4.40. The quantitative estimate of drug-likeness (QED) is 0.467. The summed E-state index contributed by atoms with van der Waals surface area (Å²) in [6.07, 6.45) is 15.1. The number of aliphatic imine (C=N–C) groups is 1. The Balaban J connectivity index is 1.77. The number of amidine groups is 1. The Morgan fingerprint density at radius 1 is 1.12 bits per heavy atom. The van der Waals surface area contributed by atoms with E-state index in [2.05, 4.69) is 29.4 Å². The number of hydrogen-bond donors (Lipinski definition) is 1. The van der Waals surface area contributed by atoms with Gasteiger partial charge in [0.25, 0.3) is 0 Å². The molecule has 0 aromatic heterocycles. The van der Waals surface area contributed by atoms with Gasteiger partial charge in [-0.2, -0.15) is 0 Å². The summed E-state index contributed by atoms with van der Waals surface area (Å²) in [5.74, 6) is 1.24. The summed E-state index contributed by atoms with van der Waals surface area (Å²) in [5.41, 5.74) is 0. The second-order valence-corrected chi connectivity index (χ2v) is 4.48. The standard InChI is InChI=1S/C14H26N2/c1-2-3-4-5-6-7-8-9-10-11-14-15-12-13-16-14/h2-3H,4-13H2,1H3,(H,15,16)/b3-2+. The molecule has 0 spiro atoms. The number of unbranched alkanes of at least 4 members (excludes halogenated alkanes) is 6. The lowest BCUT2D eigenvalue weighted by atomic mass is 10.1. The molecule has 1 heterocycles. The molecule has 0 saturated carbocycles. The Kier molecular flexibility index (Phi) is 7.83. The van der Waals surface area contributed by atoms with E-state index < -0.39 is 0 Å². The summed E-state index contributed by atoms with van der Waals surface area (Å²) < 4.78 is 0. The molecule has 2 nitrogen and oxygen atoms in total. The fourth-order valence-corrected chi connectivity index (χ4v) is 2.04. The minimum atomic E-state index is 0.986. The van der Waals surface area contributed by atoms with E-state index in [4.69, 9.17) is 0 Å². The first kappa shape index (κ1) is 13.3. The highest BCUT2D eigenvalue weighted by Crippen LogP contribution is 2.09. The van der Waals surface area contributed by atoms with Crippen molar-refractivity contribution in [3.05, 3.63) is 12.2 Å². The van der Waals surface area contributed by atoms with Crippen molar-refractivity contribution in [2.75, 3.05) is 13.1 Å². The van der Waals surface area contributed by atoms with Crippen LogP contribution in [0.1, 0.15) is 58.3 Å².